The molecule has 4 nitrogen and oxygen atoms in total. The highest BCUT2D eigenvalue weighted by atomic mass is 16.3. The number of benzene rings is 11. The molecule has 2 aromatic heterocycles. The monoisotopic (exact) mass is 907 g/mol. The van der Waals surface area contributed by atoms with Crippen molar-refractivity contribution in [1.29, 1.82) is 0 Å². The van der Waals surface area contributed by atoms with Gasteiger partial charge in [-0.05, 0) is 93.2 Å². The molecule has 0 atom stereocenters. The Morgan fingerprint density at radius 1 is 0.380 bits per heavy atom. The summed E-state index contributed by atoms with van der Waals surface area (Å²) in [5, 5.41) is 3.26. The lowest BCUT2D eigenvalue weighted by molar-refractivity contribution is 0.669. The molecule has 0 spiro atoms. The molecule has 11 aromatic carbocycles. The van der Waals surface area contributed by atoms with Gasteiger partial charge in [0.15, 0.2) is 5.58 Å². The number of furan rings is 1. The molecule has 13 aromatic rings. The van der Waals surface area contributed by atoms with Gasteiger partial charge in [-0.25, -0.2) is 0 Å². The third-order valence-electron chi connectivity index (χ3n) is 14.7. The molecule has 0 aliphatic carbocycles. The van der Waals surface area contributed by atoms with Crippen LogP contribution in [0.3, 0.4) is 0 Å². The fraction of sp³-hybridized carbons (Fsp3) is 0. The smallest absolute Gasteiger partial charge is 0.252 e. The first-order chi connectivity index (χ1) is 36.9. The molecule has 0 N–H and O–H groups in total. The van der Waals surface area contributed by atoms with Crippen molar-refractivity contribution in [2.75, 3.05) is 9.80 Å². The zero-order valence-electron chi connectivity index (χ0n) is 42.3. The third-order valence-corrected chi connectivity index (χ3v) is 14.7. The van der Waals surface area contributed by atoms with Gasteiger partial charge in [-0.3, -0.25) is 0 Å². The fourth-order valence-corrected chi connectivity index (χ4v) is 11.7. The van der Waals surface area contributed by atoms with Crippen molar-refractivity contribution in [2.45, 2.75) is 0 Å². The highest BCUT2D eigenvalue weighted by molar-refractivity contribution is 7.00. The Morgan fingerprint density at radius 3 is 1.66 bits per heavy atom. The van der Waals surface area contributed by atoms with Crippen LogP contribution in [0.4, 0.5) is 34.1 Å². The van der Waals surface area contributed by atoms with Crippen LogP contribution in [0.5, 0.6) is 0 Å². The summed E-state index contributed by atoms with van der Waals surface area (Å²) in [4.78, 5) is 4.86. The number of anilines is 6. The maximum atomic E-state index is 9.29. The topological polar surface area (TPSA) is 24.6 Å². The second-order valence-corrected chi connectivity index (χ2v) is 18.5. The van der Waals surface area contributed by atoms with Crippen LogP contribution < -0.4 is 26.2 Å². The number of rotatable bonds is 6. The lowest BCUT2D eigenvalue weighted by Crippen LogP contribution is -2.61. The van der Waals surface area contributed by atoms with Crippen molar-refractivity contribution in [1.82, 2.24) is 4.57 Å². The summed E-state index contributed by atoms with van der Waals surface area (Å²) in [5.74, 6) is 0. The quantitative estimate of drug-likeness (QED) is 0.155. The molecule has 0 saturated carbocycles. The predicted octanol–water partition coefficient (Wildman–Crippen LogP) is 15.8. The summed E-state index contributed by atoms with van der Waals surface area (Å²) in [6.45, 7) is -0.352. The van der Waals surface area contributed by atoms with Crippen molar-refractivity contribution in [3.63, 3.8) is 0 Å². The molecule has 0 fully saturated rings. The molecule has 4 heterocycles. The van der Waals surface area contributed by atoms with Gasteiger partial charge in [0.05, 0.1) is 33.6 Å². The highest BCUT2D eigenvalue weighted by Crippen LogP contribution is 2.52. The first kappa shape index (κ1) is 35.8. The summed E-state index contributed by atoms with van der Waals surface area (Å²) >= 11 is 0. The number of fused-ring (bicyclic) bond motifs is 11. The van der Waals surface area contributed by atoms with Gasteiger partial charge in [-0.1, -0.05) is 200 Å². The van der Waals surface area contributed by atoms with Crippen molar-refractivity contribution >= 4 is 101 Å². The third kappa shape index (κ3) is 5.93. The maximum absolute atomic E-state index is 9.29. The first-order valence-corrected chi connectivity index (χ1v) is 24.1. The van der Waals surface area contributed by atoms with Gasteiger partial charge < -0.3 is 18.8 Å². The van der Waals surface area contributed by atoms with Crippen LogP contribution in [0.25, 0.3) is 82.8 Å². The van der Waals surface area contributed by atoms with Crippen molar-refractivity contribution in [3.05, 3.63) is 255 Å². The summed E-state index contributed by atoms with van der Waals surface area (Å²) in [7, 11) is 0. The van der Waals surface area contributed by atoms with Crippen LogP contribution in [0.1, 0.15) is 5.48 Å². The minimum Gasteiger partial charge on any atom is -0.454 e. The van der Waals surface area contributed by atoms with Gasteiger partial charge >= 0.3 is 0 Å². The van der Waals surface area contributed by atoms with Crippen LogP contribution in [-0.2, 0) is 0 Å². The van der Waals surface area contributed by atoms with Gasteiger partial charge in [-0.2, -0.15) is 0 Å². The van der Waals surface area contributed by atoms with E-state index < -0.39 is 0 Å². The standard InChI is InChI=1S/C66H42BN3O/c1-5-21-43(22-6-1)46-39-61-64-62(40-46)70(57-34-18-14-30-49(57)45-25-9-3-10-26-45)65-54(38-37-52-51-32-16-20-36-63(51)71-66(52)65)67(64)55-41-53-50-31-15-19-35-58(50)68(47-27-11-4-12-28-47)59(53)42-60(55)69(61)56-33-17-13-29-48(56)44-23-7-2-8-24-44/h1-42H/i16D,20D,32D,36D. The van der Waals surface area contributed by atoms with Gasteiger partial charge in [-0.15, -0.1) is 0 Å². The van der Waals surface area contributed by atoms with Gasteiger partial charge in [0.2, 0.25) is 0 Å². The van der Waals surface area contributed by atoms with Gasteiger partial charge in [0.25, 0.3) is 6.71 Å². The van der Waals surface area contributed by atoms with E-state index in [1.54, 1.807) is 0 Å². The van der Waals surface area contributed by atoms with Crippen LogP contribution >= 0.6 is 0 Å². The number of nitrogens with zero attached hydrogens (tertiary/aromatic N) is 3. The molecule has 0 saturated heterocycles. The number of para-hydroxylation sites is 5. The Bertz CT molecular complexity index is 4480. The van der Waals surface area contributed by atoms with Crippen molar-refractivity contribution in [2.24, 2.45) is 0 Å². The Kier molecular flexibility index (Phi) is 7.86. The molecular formula is C66H42BN3O. The van der Waals surface area contributed by atoms with Crippen LogP contribution in [0, 0.1) is 0 Å². The van der Waals surface area contributed by atoms with E-state index in [1.165, 1.54) is 0 Å². The summed E-state index contributed by atoms with van der Waals surface area (Å²) in [5.41, 5.74) is 19.2. The second kappa shape index (κ2) is 15.6. The number of hydrogen-bond acceptors (Lipinski definition) is 3. The van der Waals surface area contributed by atoms with E-state index in [1.807, 2.05) is 12.1 Å². The van der Waals surface area contributed by atoms with E-state index in [2.05, 4.69) is 233 Å². The SMILES string of the molecule is [2H]c1c([2H])c([2H])c2c(oc3c4c(ccc32)B2c3cc5c6ccccc6n(-c6ccccc6)c5cc3N(c3ccccc3-c3ccccc3)c3cc(-c5ccccc5)cc(c32)N4c2ccccc2-c2ccccc2)c1[2H]. The lowest BCUT2D eigenvalue weighted by atomic mass is 9.33. The molecule has 0 amide bonds. The average Bonchev–Trinajstić information content (AvgIpc) is 4.10. The normalized spacial score (nSPS) is 13.5. The average molecular weight is 908 g/mol. The Morgan fingerprint density at radius 2 is 0.958 bits per heavy atom. The minimum absolute atomic E-state index is 0.126. The Hall–Kier alpha value is -9.32. The van der Waals surface area contributed by atoms with Crippen LogP contribution in [0.2, 0.25) is 0 Å². The summed E-state index contributed by atoms with van der Waals surface area (Å²) < 4.78 is 45.5. The lowest BCUT2D eigenvalue weighted by Gasteiger charge is -2.45. The van der Waals surface area contributed by atoms with Gasteiger partial charge in [0, 0.05) is 55.4 Å². The molecule has 330 valence electrons. The molecule has 71 heavy (non-hydrogen) atoms. The molecule has 5 heteroatoms. The van der Waals surface area contributed by atoms with Gasteiger partial charge in [0.1, 0.15) is 5.58 Å². The molecule has 0 unspecified atom stereocenters. The maximum Gasteiger partial charge on any atom is 0.252 e. The van der Waals surface area contributed by atoms with E-state index in [0.717, 1.165) is 111 Å². The van der Waals surface area contributed by atoms with Crippen molar-refractivity contribution in [3.8, 4) is 39.1 Å². The van der Waals surface area contributed by atoms with E-state index in [0.29, 0.717) is 16.4 Å². The summed E-state index contributed by atoms with van der Waals surface area (Å²) in [6, 6.07) is 81.0. The molecule has 2 aliphatic heterocycles. The summed E-state index contributed by atoms with van der Waals surface area (Å²) in [6.07, 6.45) is 0. The van der Waals surface area contributed by atoms with E-state index in [9.17, 15) is 2.74 Å². The molecule has 15 rings (SSSR count). The van der Waals surface area contributed by atoms with Crippen LogP contribution in [0.15, 0.2) is 259 Å². The zero-order chi connectivity index (χ0) is 50.1. The van der Waals surface area contributed by atoms with E-state index >= 15 is 0 Å². The van der Waals surface area contributed by atoms with E-state index in [-0.39, 0.29) is 36.5 Å². The van der Waals surface area contributed by atoms with Crippen molar-refractivity contribution < 1.29 is 9.90 Å². The number of aromatic nitrogens is 1. The van der Waals surface area contributed by atoms with E-state index in [4.69, 9.17) is 7.16 Å². The largest absolute Gasteiger partial charge is 0.454 e. The molecular weight excluding hydrogens is 862 g/mol. The first-order valence-electron chi connectivity index (χ1n) is 26.1. The Labute approximate surface area is 417 Å². The fourth-order valence-electron chi connectivity index (χ4n) is 11.7. The molecule has 2 aliphatic rings. The predicted molar refractivity (Wildman–Crippen MR) is 298 cm³/mol. The minimum atomic E-state index is -0.352. The highest BCUT2D eigenvalue weighted by Gasteiger charge is 2.46. The molecule has 0 bridgehead atoms. The second-order valence-electron chi connectivity index (χ2n) is 18.5. The molecule has 0 radical (unpaired) electrons. The Balaban J connectivity index is 1.15. The van der Waals surface area contributed by atoms with Crippen LogP contribution in [-0.4, -0.2) is 11.3 Å². The number of hydrogen-bond donors (Lipinski definition) is 0. The zero-order valence-corrected chi connectivity index (χ0v) is 38.3.